The molecule has 0 aliphatic carbocycles. The van der Waals surface area contributed by atoms with Gasteiger partial charge >= 0.3 is 0 Å². The molecule has 2 aromatic carbocycles. The summed E-state index contributed by atoms with van der Waals surface area (Å²) in [6.45, 7) is 4.13. The van der Waals surface area contributed by atoms with Crippen LogP contribution in [0.2, 0.25) is 0 Å². The van der Waals surface area contributed by atoms with E-state index >= 15 is 0 Å². The highest BCUT2D eigenvalue weighted by Crippen LogP contribution is 2.60. The fraction of sp³-hybridized carbons (Fsp3) is 0.360. The Labute approximate surface area is 185 Å². The number of nitrogens with zero attached hydrogens (tertiary/aromatic N) is 2. The minimum Gasteiger partial charge on any atom is -0.324 e. The van der Waals surface area contributed by atoms with E-state index in [1.807, 2.05) is 25.1 Å². The predicted octanol–water partition coefficient (Wildman–Crippen LogP) is 2.63. The maximum absolute atomic E-state index is 13.9. The van der Waals surface area contributed by atoms with Gasteiger partial charge in [0.15, 0.2) is 5.78 Å². The van der Waals surface area contributed by atoms with E-state index in [-0.39, 0.29) is 29.5 Å². The van der Waals surface area contributed by atoms with Gasteiger partial charge in [-0.25, -0.2) is 4.90 Å². The zero-order valence-corrected chi connectivity index (χ0v) is 17.9. The highest BCUT2D eigenvalue weighted by molar-refractivity contribution is 6.26. The van der Waals surface area contributed by atoms with Crippen LogP contribution in [0.1, 0.15) is 41.3 Å². The van der Waals surface area contributed by atoms with Gasteiger partial charge in [-0.05, 0) is 63.6 Å². The van der Waals surface area contributed by atoms with Crippen LogP contribution in [0.3, 0.4) is 0 Å². The molecule has 162 valence electrons. The van der Waals surface area contributed by atoms with Gasteiger partial charge in [-0.1, -0.05) is 17.7 Å². The van der Waals surface area contributed by atoms with Crippen molar-refractivity contribution in [2.45, 2.75) is 38.3 Å². The van der Waals surface area contributed by atoms with Gasteiger partial charge in [0.1, 0.15) is 5.54 Å². The number of ketones is 1. The number of fused-ring (bicyclic) bond motifs is 7. The summed E-state index contributed by atoms with van der Waals surface area (Å²) in [4.78, 5) is 56.1. The molecule has 1 N–H and O–H groups in total. The Kier molecular flexibility index (Phi) is 3.85. The van der Waals surface area contributed by atoms with Gasteiger partial charge in [0.25, 0.3) is 0 Å². The minimum atomic E-state index is -1.16. The maximum Gasteiger partial charge on any atom is 0.250 e. The lowest BCUT2D eigenvalue weighted by atomic mass is 9.75. The average Bonchev–Trinajstić information content (AvgIpc) is 3.47. The zero-order chi connectivity index (χ0) is 22.4. The molecule has 3 saturated heterocycles. The van der Waals surface area contributed by atoms with Gasteiger partial charge in [0, 0.05) is 22.9 Å². The average molecular weight is 429 g/mol. The van der Waals surface area contributed by atoms with Gasteiger partial charge < -0.3 is 5.32 Å². The van der Waals surface area contributed by atoms with Crippen molar-refractivity contribution in [1.82, 2.24) is 4.90 Å². The molecule has 0 radical (unpaired) electrons. The monoisotopic (exact) mass is 429 g/mol. The highest BCUT2D eigenvalue weighted by atomic mass is 16.2. The van der Waals surface area contributed by atoms with Crippen molar-refractivity contribution >= 4 is 34.9 Å². The van der Waals surface area contributed by atoms with Gasteiger partial charge in [0.2, 0.25) is 17.7 Å². The van der Waals surface area contributed by atoms with E-state index in [9.17, 15) is 19.2 Å². The first kappa shape index (κ1) is 19.4. The zero-order valence-electron chi connectivity index (χ0n) is 17.9. The third-order valence-corrected chi connectivity index (χ3v) is 7.68. The van der Waals surface area contributed by atoms with Gasteiger partial charge in [-0.3, -0.25) is 24.1 Å². The van der Waals surface area contributed by atoms with E-state index in [1.54, 1.807) is 24.3 Å². The number of imide groups is 1. The summed E-state index contributed by atoms with van der Waals surface area (Å²) in [7, 11) is 0. The molecular weight excluding hydrogens is 406 g/mol. The van der Waals surface area contributed by atoms with E-state index in [4.69, 9.17) is 0 Å². The summed E-state index contributed by atoms with van der Waals surface area (Å²) in [5.74, 6) is -2.21. The summed E-state index contributed by atoms with van der Waals surface area (Å²) in [6.07, 6.45) is 1.67. The maximum atomic E-state index is 13.9. The lowest BCUT2D eigenvalue weighted by Crippen LogP contribution is -2.54. The topological polar surface area (TPSA) is 86.8 Å². The first-order valence-corrected chi connectivity index (χ1v) is 11.0. The number of nitrogens with one attached hydrogen (secondary N) is 1. The smallest absolute Gasteiger partial charge is 0.250 e. The normalized spacial score (nSPS) is 30.6. The summed E-state index contributed by atoms with van der Waals surface area (Å²) in [5.41, 5.74) is 2.34. The number of aryl methyl sites for hydroxylation is 1. The highest BCUT2D eigenvalue weighted by Gasteiger charge is 2.74. The molecule has 7 nitrogen and oxygen atoms in total. The van der Waals surface area contributed by atoms with Crippen LogP contribution < -0.4 is 10.2 Å². The second-order valence-electron chi connectivity index (χ2n) is 9.29. The number of anilines is 2. The Morgan fingerprint density at radius 1 is 1.06 bits per heavy atom. The predicted molar refractivity (Wildman–Crippen MR) is 117 cm³/mol. The van der Waals surface area contributed by atoms with Crippen LogP contribution in [-0.2, 0) is 19.9 Å². The largest absolute Gasteiger partial charge is 0.324 e. The Hall–Kier alpha value is -3.32. The van der Waals surface area contributed by atoms with Crippen LogP contribution in [-0.4, -0.2) is 41.0 Å². The number of hydrogen-bond donors (Lipinski definition) is 1. The number of hydrogen-bond acceptors (Lipinski definition) is 5. The lowest BCUT2D eigenvalue weighted by Gasteiger charge is -2.36. The quantitative estimate of drug-likeness (QED) is 0.586. The molecule has 0 bridgehead atoms. The number of Topliss-reactive ketones (excluding diaryl/α,β-unsaturated/α-hetero) is 1. The molecule has 0 saturated carbocycles. The molecule has 3 amide bonds. The van der Waals surface area contributed by atoms with Crippen molar-refractivity contribution in [2.75, 3.05) is 16.8 Å². The second kappa shape index (κ2) is 6.36. The van der Waals surface area contributed by atoms with Crippen LogP contribution in [0.5, 0.6) is 0 Å². The van der Waals surface area contributed by atoms with Gasteiger partial charge in [0.05, 0.1) is 17.5 Å². The molecule has 4 atom stereocenters. The van der Waals surface area contributed by atoms with E-state index in [1.165, 1.54) is 11.8 Å². The van der Waals surface area contributed by atoms with Gasteiger partial charge in [-0.2, -0.15) is 0 Å². The Morgan fingerprint density at radius 3 is 2.53 bits per heavy atom. The molecule has 4 aliphatic heterocycles. The van der Waals surface area contributed by atoms with Crippen molar-refractivity contribution in [3.05, 3.63) is 59.2 Å². The Balaban J connectivity index is 1.51. The molecule has 7 heteroatoms. The summed E-state index contributed by atoms with van der Waals surface area (Å²) < 4.78 is 0. The molecule has 3 fully saturated rings. The molecule has 0 unspecified atom stereocenters. The van der Waals surface area contributed by atoms with Crippen molar-refractivity contribution in [3.63, 3.8) is 0 Å². The van der Waals surface area contributed by atoms with Crippen LogP contribution in [0.25, 0.3) is 0 Å². The first-order chi connectivity index (χ1) is 15.4. The van der Waals surface area contributed by atoms with E-state index in [0.29, 0.717) is 17.8 Å². The Bertz CT molecular complexity index is 1220. The summed E-state index contributed by atoms with van der Waals surface area (Å²) in [5, 5.41) is 2.99. The summed E-state index contributed by atoms with van der Waals surface area (Å²) in [6, 6.07) is 12.2. The fourth-order valence-corrected chi connectivity index (χ4v) is 6.42. The number of benzene rings is 2. The molecule has 4 aliphatic rings. The van der Waals surface area contributed by atoms with Crippen molar-refractivity contribution in [3.8, 4) is 0 Å². The number of rotatable bonds is 2. The van der Waals surface area contributed by atoms with Crippen LogP contribution >= 0.6 is 0 Å². The number of carbonyl (C=O) groups is 4. The number of carbonyl (C=O) groups excluding carboxylic acids is 4. The second-order valence-corrected chi connectivity index (χ2v) is 9.29. The molecule has 6 rings (SSSR count). The van der Waals surface area contributed by atoms with E-state index < -0.39 is 17.4 Å². The van der Waals surface area contributed by atoms with Crippen LogP contribution in [0.15, 0.2) is 42.5 Å². The molecule has 4 heterocycles. The van der Waals surface area contributed by atoms with E-state index in [0.717, 1.165) is 29.7 Å². The SMILES string of the molecule is CC(=O)c1ccc(N2C(=O)[C@@H]3[C@@H]4CCCN4[C@]4(C(=O)Nc5ccc(C)cc54)[C@H]3C2=O)cc1. The van der Waals surface area contributed by atoms with Crippen LogP contribution in [0, 0.1) is 18.8 Å². The minimum absolute atomic E-state index is 0.0809. The number of amides is 3. The standard InChI is InChI=1S/C25H23N3O4/c1-13-5-10-18-17(12-13)25(24(32)26-18)21-20(19-4-3-11-27(19)25)22(30)28(23(21)31)16-8-6-15(7-9-16)14(2)29/h5-10,12,19-21H,3-4,11H2,1-2H3,(H,26,32)/t19-,20+,21+,25-/m0/s1. The molecule has 0 aromatic heterocycles. The molecule has 1 spiro atoms. The van der Waals surface area contributed by atoms with Crippen molar-refractivity contribution in [1.29, 1.82) is 0 Å². The molecule has 32 heavy (non-hydrogen) atoms. The molecule has 2 aromatic rings. The van der Waals surface area contributed by atoms with Crippen LogP contribution in [0.4, 0.5) is 11.4 Å². The first-order valence-electron chi connectivity index (χ1n) is 11.0. The third kappa shape index (κ3) is 2.19. The molecular formula is C25H23N3O4. The van der Waals surface area contributed by atoms with Crippen molar-refractivity contribution in [2.24, 2.45) is 11.8 Å². The van der Waals surface area contributed by atoms with Gasteiger partial charge in [-0.15, -0.1) is 0 Å². The van der Waals surface area contributed by atoms with Crippen molar-refractivity contribution < 1.29 is 19.2 Å². The lowest BCUT2D eigenvalue weighted by molar-refractivity contribution is -0.135. The summed E-state index contributed by atoms with van der Waals surface area (Å²) >= 11 is 0. The Morgan fingerprint density at radius 2 is 1.81 bits per heavy atom. The van der Waals surface area contributed by atoms with E-state index in [2.05, 4.69) is 10.2 Å². The third-order valence-electron chi connectivity index (χ3n) is 7.68. The fourth-order valence-electron chi connectivity index (χ4n) is 6.42.